The average Bonchev–Trinajstić information content (AvgIpc) is 2.29. The molecule has 0 saturated carbocycles. The van der Waals surface area contributed by atoms with E-state index in [1.54, 1.807) is 0 Å². The van der Waals surface area contributed by atoms with E-state index in [2.05, 4.69) is 6.58 Å². The number of carbonyl (C=O) groups is 1. The van der Waals surface area contributed by atoms with Gasteiger partial charge in [-0.15, -0.1) is 0 Å². The molecule has 17 heavy (non-hydrogen) atoms. The molecule has 0 rings (SSSR count). The van der Waals surface area contributed by atoms with Gasteiger partial charge in [-0.05, 0) is 6.92 Å². The van der Waals surface area contributed by atoms with Crippen molar-refractivity contribution in [3.63, 3.8) is 0 Å². The summed E-state index contributed by atoms with van der Waals surface area (Å²) >= 11 is 0. The Labute approximate surface area is 99.6 Å². The quantitative estimate of drug-likeness (QED) is 0.344. The summed E-state index contributed by atoms with van der Waals surface area (Å²) in [7, 11) is 0. The van der Waals surface area contributed by atoms with Crippen LogP contribution in [-0.4, -0.2) is 70.1 Å². The van der Waals surface area contributed by atoms with Crippen LogP contribution in [0.1, 0.15) is 6.92 Å². The van der Waals surface area contributed by atoms with Crippen molar-refractivity contribution < 1.29 is 35.1 Å². The van der Waals surface area contributed by atoms with E-state index in [4.69, 9.17) is 30.3 Å². The number of aliphatic hydroxyl groups excluding tert-OH is 4. The Morgan fingerprint density at radius 1 is 1.18 bits per heavy atom. The minimum atomic E-state index is -0.935. The second-order valence-electron chi connectivity index (χ2n) is 3.30. The first-order chi connectivity index (χ1) is 7.84. The maximum atomic E-state index is 9.60. The van der Waals surface area contributed by atoms with Gasteiger partial charge in [-0.2, -0.15) is 0 Å². The summed E-state index contributed by atoms with van der Waals surface area (Å²) in [4.78, 5) is 9.60. The highest BCUT2D eigenvalue weighted by Crippen LogP contribution is 1.87. The summed E-state index contributed by atoms with van der Waals surface area (Å²) in [5, 5.41) is 42.0. The first kappa shape index (κ1) is 18.4. The van der Waals surface area contributed by atoms with E-state index >= 15 is 0 Å². The normalized spacial score (nSPS) is 13.2. The standard InChI is InChI=1S/C6H14O5.C4H6O2/c7-1-5(9)3-11-4-6(10)2-8;1-3(2)4(5)6/h5-10H,1-4H2;1H2,2H3,(H,5,6). The molecule has 0 aliphatic heterocycles. The summed E-state index contributed by atoms with van der Waals surface area (Å²) < 4.78 is 4.72. The van der Waals surface area contributed by atoms with Crippen LogP contribution in [0.3, 0.4) is 0 Å². The van der Waals surface area contributed by atoms with Gasteiger partial charge in [0.05, 0.1) is 26.4 Å². The number of hydrogen-bond donors (Lipinski definition) is 5. The van der Waals surface area contributed by atoms with Crippen molar-refractivity contribution in [1.82, 2.24) is 0 Å². The molecule has 0 aromatic carbocycles. The first-order valence-electron chi connectivity index (χ1n) is 4.89. The summed E-state index contributed by atoms with van der Waals surface area (Å²) in [5.74, 6) is -0.935. The number of ether oxygens (including phenoxy) is 1. The van der Waals surface area contributed by atoms with Crippen LogP contribution in [0.4, 0.5) is 0 Å². The molecule has 0 radical (unpaired) electrons. The maximum absolute atomic E-state index is 9.60. The van der Waals surface area contributed by atoms with E-state index in [1.165, 1.54) is 6.92 Å². The zero-order valence-corrected chi connectivity index (χ0v) is 9.74. The number of aliphatic carboxylic acids is 1. The highest BCUT2D eigenvalue weighted by atomic mass is 16.5. The van der Waals surface area contributed by atoms with E-state index in [-0.39, 0.29) is 32.0 Å². The van der Waals surface area contributed by atoms with Crippen molar-refractivity contribution in [2.75, 3.05) is 26.4 Å². The lowest BCUT2D eigenvalue weighted by Crippen LogP contribution is -2.25. The van der Waals surface area contributed by atoms with Crippen LogP contribution in [-0.2, 0) is 9.53 Å². The third-order valence-corrected chi connectivity index (χ3v) is 1.41. The van der Waals surface area contributed by atoms with E-state index in [9.17, 15) is 4.79 Å². The SMILES string of the molecule is C=C(C)C(=O)O.OCC(O)COCC(O)CO. The highest BCUT2D eigenvalue weighted by molar-refractivity contribution is 5.84. The van der Waals surface area contributed by atoms with E-state index in [0.29, 0.717) is 0 Å². The Morgan fingerprint density at radius 3 is 1.65 bits per heavy atom. The Balaban J connectivity index is 0. The molecular weight excluding hydrogens is 232 g/mol. The second-order valence-corrected chi connectivity index (χ2v) is 3.30. The summed E-state index contributed by atoms with van der Waals surface area (Å²) in [6.45, 7) is 3.80. The predicted molar refractivity (Wildman–Crippen MR) is 59.5 cm³/mol. The van der Waals surface area contributed by atoms with Gasteiger partial charge in [-0.25, -0.2) is 4.79 Å². The van der Waals surface area contributed by atoms with Crippen LogP contribution in [0.25, 0.3) is 0 Å². The molecule has 0 spiro atoms. The number of carboxylic acid groups (broad SMARTS) is 1. The molecule has 0 fully saturated rings. The lowest BCUT2D eigenvalue weighted by atomic mass is 10.4. The van der Waals surface area contributed by atoms with Gasteiger partial charge in [0.15, 0.2) is 0 Å². The molecule has 0 aliphatic rings. The monoisotopic (exact) mass is 252 g/mol. The van der Waals surface area contributed by atoms with Crippen LogP contribution < -0.4 is 0 Å². The number of aliphatic hydroxyl groups is 4. The molecule has 0 saturated heterocycles. The van der Waals surface area contributed by atoms with E-state index in [0.717, 1.165) is 0 Å². The number of hydrogen-bond acceptors (Lipinski definition) is 6. The van der Waals surface area contributed by atoms with Gasteiger partial charge in [0, 0.05) is 5.57 Å². The Hall–Kier alpha value is -0.990. The van der Waals surface area contributed by atoms with Crippen molar-refractivity contribution >= 4 is 5.97 Å². The molecule has 102 valence electrons. The molecular formula is C10H20O7. The molecule has 0 bridgehead atoms. The predicted octanol–water partition coefficient (Wildman–Crippen LogP) is -1.64. The van der Waals surface area contributed by atoms with Gasteiger partial charge >= 0.3 is 5.97 Å². The van der Waals surface area contributed by atoms with Gasteiger partial charge in [-0.3, -0.25) is 0 Å². The fourth-order valence-corrected chi connectivity index (χ4v) is 0.446. The Bertz CT molecular complexity index is 195. The topological polar surface area (TPSA) is 127 Å². The maximum Gasteiger partial charge on any atom is 0.330 e. The highest BCUT2D eigenvalue weighted by Gasteiger charge is 2.04. The van der Waals surface area contributed by atoms with Crippen LogP contribution in [0.15, 0.2) is 12.2 Å². The second kappa shape index (κ2) is 11.5. The Kier molecular flexibility index (Phi) is 12.4. The van der Waals surface area contributed by atoms with Crippen LogP contribution in [0, 0.1) is 0 Å². The summed E-state index contributed by atoms with van der Waals surface area (Å²) in [5.41, 5.74) is 0.176. The third kappa shape index (κ3) is 15.0. The first-order valence-corrected chi connectivity index (χ1v) is 4.89. The molecule has 0 heterocycles. The lowest BCUT2D eigenvalue weighted by Gasteiger charge is -2.10. The van der Waals surface area contributed by atoms with Crippen molar-refractivity contribution in [3.8, 4) is 0 Å². The van der Waals surface area contributed by atoms with Crippen molar-refractivity contribution in [3.05, 3.63) is 12.2 Å². The van der Waals surface area contributed by atoms with Gasteiger partial charge < -0.3 is 30.3 Å². The van der Waals surface area contributed by atoms with Gasteiger partial charge in [0.2, 0.25) is 0 Å². The van der Waals surface area contributed by atoms with Crippen molar-refractivity contribution in [2.45, 2.75) is 19.1 Å². The molecule has 2 unspecified atom stereocenters. The summed E-state index contributed by atoms with van der Waals surface area (Å²) in [6.07, 6.45) is -1.83. The zero-order valence-electron chi connectivity index (χ0n) is 9.74. The van der Waals surface area contributed by atoms with Gasteiger partial charge in [-0.1, -0.05) is 6.58 Å². The molecule has 0 aromatic rings. The van der Waals surface area contributed by atoms with Gasteiger partial charge in [0.1, 0.15) is 12.2 Å². The summed E-state index contributed by atoms with van der Waals surface area (Å²) in [6, 6.07) is 0. The van der Waals surface area contributed by atoms with E-state index < -0.39 is 18.2 Å². The van der Waals surface area contributed by atoms with Crippen LogP contribution >= 0.6 is 0 Å². The molecule has 7 nitrogen and oxygen atoms in total. The fraction of sp³-hybridized carbons (Fsp3) is 0.700. The zero-order chi connectivity index (χ0) is 13.8. The number of carboxylic acids is 1. The minimum Gasteiger partial charge on any atom is -0.478 e. The molecule has 0 aromatic heterocycles. The largest absolute Gasteiger partial charge is 0.478 e. The molecule has 7 heteroatoms. The molecule has 5 N–H and O–H groups in total. The lowest BCUT2D eigenvalue weighted by molar-refractivity contribution is -0.132. The van der Waals surface area contributed by atoms with Crippen molar-refractivity contribution in [2.24, 2.45) is 0 Å². The third-order valence-electron chi connectivity index (χ3n) is 1.41. The van der Waals surface area contributed by atoms with Gasteiger partial charge in [0.25, 0.3) is 0 Å². The van der Waals surface area contributed by atoms with Crippen LogP contribution in [0.5, 0.6) is 0 Å². The average molecular weight is 252 g/mol. The minimum absolute atomic E-state index is 0.0342. The Morgan fingerprint density at radius 2 is 1.47 bits per heavy atom. The van der Waals surface area contributed by atoms with Crippen molar-refractivity contribution in [1.29, 1.82) is 0 Å². The number of rotatable bonds is 7. The van der Waals surface area contributed by atoms with E-state index in [1.807, 2.05) is 0 Å². The molecule has 2 atom stereocenters. The fourth-order valence-electron chi connectivity index (χ4n) is 0.446. The molecule has 0 aliphatic carbocycles. The van der Waals surface area contributed by atoms with Crippen LogP contribution in [0.2, 0.25) is 0 Å². The smallest absolute Gasteiger partial charge is 0.330 e. The molecule has 0 amide bonds.